The molecule has 0 spiro atoms. The fourth-order valence-electron chi connectivity index (χ4n) is 2.90. The molecule has 0 radical (unpaired) electrons. The molecule has 0 heterocycles. The van der Waals surface area contributed by atoms with Crippen molar-refractivity contribution in [2.45, 2.75) is 39.5 Å². The predicted octanol–water partition coefficient (Wildman–Crippen LogP) is 3.50. The minimum absolute atomic E-state index is 0.318. The van der Waals surface area contributed by atoms with E-state index in [2.05, 4.69) is 44.0 Å². The number of rotatable bonds is 4. The molecule has 98 valence electrons. The smallest absolute Gasteiger partial charge is 0.136 e. The van der Waals surface area contributed by atoms with Gasteiger partial charge in [0, 0.05) is 31.6 Å². The molecule has 1 fully saturated rings. The van der Waals surface area contributed by atoms with Crippen LogP contribution in [0.3, 0.4) is 0 Å². The van der Waals surface area contributed by atoms with E-state index in [-0.39, 0.29) is 0 Å². The predicted molar refractivity (Wildman–Crippen MR) is 76.2 cm³/mol. The average Bonchev–Trinajstić information content (AvgIpc) is 2.72. The Bertz CT molecular complexity index is 439. The number of ketones is 1. The maximum absolute atomic E-state index is 11.6. The molecule has 1 aromatic carbocycles. The van der Waals surface area contributed by atoms with Crippen molar-refractivity contribution >= 4 is 11.5 Å². The number of anilines is 1. The Balaban J connectivity index is 1.95. The maximum Gasteiger partial charge on any atom is 0.136 e. The summed E-state index contributed by atoms with van der Waals surface area (Å²) in [5.41, 5.74) is 3.90. The lowest BCUT2D eigenvalue weighted by molar-refractivity contribution is -0.120. The maximum atomic E-state index is 11.6. The van der Waals surface area contributed by atoms with Gasteiger partial charge in [-0.3, -0.25) is 4.79 Å². The lowest BCUT2D eigenvalue weighted by Crippen LogP contribution is -2.23. The van der Waals surface area contributed by atoms with E-state index < -0.39 is 0 Å². The lowest BCUT2D eigenvalue weighted by Gasteiger charge is -2.23. The van der Waals surface area contributed by atoms with Gasteiger partial charge in [0.2, 0.25) is 0 Å². The van der Waals surface area contributed by atoms with Gasteiger partial charge in [0.25, 0.3) is 0 Å². The van der Waals surface area contributed by atoms with Crippen LogP contribution in [0.15, 0.2) is 18.2 Å². The fraction of sp³-hybridized carbons (Fsp3) is 0.562. The molecule has 1 saturated carbocycles. The Labute approximate surface area is 110 Å². The zero-order valence-electron chi connectivity index (χ0n) is 11.7. The molecule has 2 rings (SSSR count). The van der Waals surface area contributed by atoms with Gasteiger partial charge in [0.15, 0.2) is 0 Å². The summed E-state index contributed by atoms with van der Waals surface area (Å²) < 4.78 is 0. The van der Waals surface area contributed by atoms with Gasteiger partial charge in [-0.25, -0.2) is 0 Å². The highest BCUT2D eigenvalue weighted by Gasteiger charge is 2.24. The van der Waals surface area contributed by atoms with E-state index in [1.54, 1.807) is 0 Å². The molecule has 1 unspecified atom stereocenters. The van der Waals surface area contributed by atoms with Crippen LogP contribution in [0.1, 0.15) is 36.8 Å². The lowest BCUT2D eigenvalue weighted by atomic mass is 10.0. The molecule has 0 N–H and O–H groups in total. The molecule has 18 heavy (non-hydrogen) atoms. The largest absolute Gasteiger partial charge is 0.374 e. The van der Waals surface area contributed by atoms with Crippen molar-refractivity contribution in [3.05, 3.63) is 29.3 Å². The number of carbonyl (C=O) groups is 1. The van der Waals surface area contributed by atoms with E-state index in [1.165, 1.54) is 16.8 Å². The molecular formula is C16H23NO. The number of aryl methyl sites for hydroxylation is 2. The summed E-state index contributed by atoms with van der Waals surface area (Å²) in [6, 6.07) is 6.55. The number of hydrogen-bond donors (Lipinski definition) is 0. The van der Waals surface area contributed by atoms with Crippen LogP contribution in [-0.2, 0) is 4.79 Å². The Morgan fingerprint density at radius 1 is 1.33 bits per heavy atom. The summed E-state index contributed by atoms with van der Waals surface area (Å²) in [5, 5.41) is 0. The standard InChI is InChI=1S/C16H23NO/c1-12-7-8-15(13(2)11-12)17(3)10-9-14-5-4-6-16(14)18/h7-8,11,14H,4-6,9-10H2,1-3H3. The van der Waals surface area contributed by atoms with Gasteiger partial charge in [0.1, 0.15) is 5.78 Å². The molecule has 0 amide bonds. The summed E-state index contributed by atoms with van der Waals surface area (Å²) >= 11 is 0. The first-order chi connectivity index (χ1) is 8.58. The molecule has 0 aromatic heterocycles. The van der Waals surface area contributed by atoms with Crippen molar-refractivity contribution in [2.24, 2.45) is 5.92 Å². The topological polar surface area (TPSA) is 20.3 Å². The molecule has 1 aromatic rings. The Hall–Kier alpha value is -1.31. The van der Waals surface area contributed by atoms with Gasteiger partial charge < -0.3 is 4.90 Å². The summed E-state index contributed by atoms with van der Waals surface area (Å²) in [7, 11) is 2.12. The SMILES string of the molecule is Cc1ccc(N(C)CCC2CCCC2=O)c(C)c1. The first-order valence-electron chi connectivity index (χ1n) is 6.89. The van der Waals surface area contributed by atoms with Crippen LogP contribution < -0.4 is 4.90 Å². The Morgan fingerprint density at radius 2 is 2.11 bits per heavy atom. The first-order valence-corrected chi connectivity index (χ1v) is 6.89. The van der Waals surface area contributed by atoms with Gasteiger partial charge in [-0.05, 0) is 44.7 Å². The highest BCUT2D eigenvalue weighted by Crippen LogP contribution is 2.26. The third kappa shape index (κ3) is 2.92. The molecular weight excluding hydrogens is 222 g/mol. The summed E-state index contributed by atoms with van der Waals surface area (Å²) in [4.78, 5) is 13.9. The fourth-order valence-corrected chi connectivity index (χ4v) is 2.90. The highest BCUT2D eigenvalue weighted by molar-refractivity contribution is 5.82. The molecule has 0 aliphatic heterocycles. The van der Waals surface area contributed by atoms with E-state index >= 15 is 0 Å². The molecule has 1 atom stereocenters. The zero-order chi connectivity index (χ0) is 13.1. The molecule has 2 heteroatoms. The van der Waals surface area contributed by atoms with Crippen molar-refractivity contribution in [2.75, 3.05) is 18.5 Å². The van der Waals surface area contributed by atoms with Gasteiger partial charge in [-0.2, -0.15) is 0 Å². The Kier molecular flexibility index (Phi) is 4.05. The molecule has 1 aliphatic rings. The van der Waals surface area contributed by atoms with Crippen molar-refractivity contribution in [3.63, 3.8) is 0 Å². The van der Waals surface area contributed by atoms with Crippen LogP contribution in [0.2, 0.25) is 0 Å². The Morgan fingerprint density at radius 3 is 2.72 bits per heavy atom. The summed E-state index contributed by atoms with van der Waals surface area (Å²) in [6.07, 6.45) is 4.00. The normalized spacial score (nSPS) is 19.3. The van der Waals surface area contributed by atoms with Crippen LogP contribution in [-0.4, -0.2) is 19.4 Å². The van der Waals surface area contributed by atoms with Crippen molar-refractivity contribution in [1.29, 1.82) is 0 Å². The second-order valence-electron chi connectivity index (χ2n) is 5.56. The first kappa shape index (κ1) is 13.1. The van der Waals surface area contributed by atoms with E-state index in [0.29, 0.717) is 11.7 Å². The van der Waals surface area contributed by atoms with Crippen molar-refractivity contribution in [3.8, 4) is 0 Å². The van der Waals surface area contributed by atoms with Crippen LogP contribution in [0, 0.1) is 19.8 Å². The minimum Gasteiger partial charge on any atom is -0.374 e. The second kappa shape index (κ2) is 5.55. The number of carbonyl (C=O) groups excluding carboxylic acids is 1. The zero-order valence-corrected chi connectivity index (χ0v) is 11.7. The van der Waals surface area contributed by atoms with Gasteiger partial charge >= 0.3 is 0 Å². The number of Topliss-reactive ketones (excluding diaryl/α,β-unsaturated/α-hetero) is 1. The summed E-state index contributed by atoms with van der Waals surface area (Å²) in [5.74, 6) is 0.794. The molecule has 0 saturated heterocycles. The summed E-state index contributed by atoms with van der Waals surface area (Å²) in [6.45, 7) is 5.24. The van der Waals surface area contributed by atoms with Gasteiger partial charge in [-0.1, -0.05) is 17.7 Å². The van der Waals surface area contributed by atoms with Crippen LogP contribution in [0.5, 0.6) is 0 Å². The van der Waals surface area contributed by atoms with Gasteiger partial charge in [0.05, 0.1) is 0 Å². The highest BCUT2D eigenvalue weighted by atomic mass is 16.1. The van der Waals surface area contributed by atoms with Gasteiger partial charge in [-0.15, -0.1) is 0 Å². The van der Waals surface area contributed by atoms with E-state index in [0.717, 1.165) is 32.2 Å². The monoisotopic (exact) mass is 245 g/mol. The van der Waals surface area contributed by atoms with Crippen LogP contribution in [0.4, 0.5) is 5.69 Å². The second-order valence-corrected chi connectivity index (χ2v) is 5.56. The van der Waals surface area contributed by atoms with Crippen LogP contribution in [0.25, 0.3) is 0 Å². The third-order valence-corrected chi connectivity index (χ3v) is 4.01. The minimum atomic E-state index is 0.318. The molecule has 0 bridgehead atoms. The van der Waals surface area contributed by atoms with Crippen molar-refractivity contribution < 1.29 is 4.79 Å². The number of benzene rings is 1. The van der Waals surface area contributed by atoms with Crippen molar-refractivity contribution in [1.82, 2.24) is 0 Å². The third-order valence-electron chi connectivity index (χ3n) is 4.01. The van der Waals surface area contributed by atoms with E-state index in [1.807, 2.05) is 0 Å². The van der Waals surface area contributed by atoms with Crippen LogP contribution >= 0.6 is 0 Å². The van der Waals surface area contributed by atoms with E-state index in [4.69, 9.17) is 0 Å². The number of hydrogen-bond acceptors (Lipinski definition) is 2. The molecule has 2 nitrogen and oxygen atoms in total. The number of nitrogens with zero attached hydrogens (tertiary/aromatic N) is 1. The quantitative estimate of drug-likeness (QED) is 0.809. The average molecular weight is 245 g/mol. The molecule has 1 aliphatic carbocycles. The van der Waals surface area contributed by atoms with E-state index in [9.17, 15) is 4.79 Å².